The molecule has 5 N–H and O–H groups in total. The van der Waals surface area contributed by atoms with Crippen molar-refractivity contribution in [3.8, 4) is 0 Å². The van der Waals surface area contributed by atoms with Crippen LogP contribution < -0.4 is 16.8 Å². The van der Waals surface area contributed by atoms with Gasteiger partial charge in [0.25, 0.3) is 0 Å². The molecule has 1 aromatic carbocycles. The van der Waals surface area contributed by atoms with Crippen LogP contribution in [0.25, 0.3) is 21.9 Å². The number of aromatic nitrogens is 4. The fraction of sp³-hybridized carbons (Fsp3) is 0.292. The van der Waals surface area contributed by atoms with Crippen LogP contribution in [0.3, 0.4) is 0 Å². The van der Waals surface area contributed by atoms with Gasteiger partial charge in [0.1, 0.15) is 40.8 Å². The van der Waals surface area contributed by atoms with Crippen molar-refractivity contribution in [2.75, 3.05) is 11.1 Å². The second kappa shape index (κ2) is 8.28. The Morgan fingerprint density at radius 3 is 2.83 bits per heavy atom. The average molecular weight is 535 g/mol. The van der Waals surface area contributed by atoms with Crippen molar-refractivity contribution in [3.63, 3.8) is 0 Å². The fourth-order valence-corrected chi connectivity index (χ4v) is 5.57. The zero-order chi connectivity index (χ0) is 24.3. The predicted octanol–water partition coefficient (Wildman–Crippen LogP) is 2.41. The van der Waals surface area contributed by atoms with Gasteiger partial charge >= 0.3 is 0 Å². The maximum Gasteiger partial charge on any atom is 0.248 e. The molecule has 1 aliphatic carbocycles. The highest BCUT2D eigenvalue weighted by molar-refractivity contribution is 9.10. The molecule has 35 heavy (non-hydrogen) atoms. The number of nitrogen functional groups attached to an aromatic ring is 1. The summed E-state index contributed by atoms with van der Waals surface area (Å²) >= 11 is 3.32. The predicted molar refractivity (Wildman–Crippen MR) is 135 cm³/mol. The standard InChI is InChI=1S/C24H23BrN8O2/c25-18-2-1-3-19(30-18)31-24(35)17-8-13-7-16(13)33(17)20(34)10-32-15-5-4-12(9-26)6-14(15)21-22(27)28-11-29-23(21)32/h1-6,11,13,16-17H,7-10,26H2,(H2,27,28,29)(H,30,31,35)/t13?,16-,17+/m1/s1. The van der Waals surface area contributed by atoms with Crippen LogP contribution in [-0.4, -0.2) is 48.3 Å². The van der Waals surface area contributed by atoms with Crippen molar-refractivity contribution < 1.29 is 9.59 Å². The smallest absolute Gasteiger partial charge is 0.248 e. The number of halogens is 1. The Morgan fingerprint density at radius 1 is 1.17 bits per heavy atom. The minimum Gasteiger partial charge on any atom is -0.383 e. The number of piperidine rings is 1. The third-order valence-electron chi connectivity index (χ3n) is 6.92. The lowest BCUT2D eigenvalue weighted by Crippen LogP contribution is -2.46. The van der Waals surface area contributed by atoms with Crippen LogP contribution in [0.1, 0.15) is 18.4 Å². The summed E-state index contributed by atoms with van der Waals surface area (Å²) in [7, 11) is 0. The van der Waals surface area contributed by atoms with Crippen molar-refractivity contribution in [3.05, 3.63) is 52.9 Å². The van der Waals surface area contributed by atoms with Crippen LogP contribution in [0.4, 0.5) is 11.6 Å². The molecule has 10 nitrogen and oxygen atoms in total. The van der Waals surface area contributed by atoms with E-state index in [4.69, 9.17) is 11.5 Å². The number of likely N-dealkylation sites (tertiary alicyclic amines) is 1. The molecule has 4 heterocycles. The Kier molecular flexibility index (Phi) is 5.19. The molecular formula is C24H23BrN8O2. The Bertz CT molecular complexity index is 1500. The number of fused-ring (bicyclic) bond motifs is 4. The number of hydrogen-bond donors (Lipinski definition) is 3. The quantitative estimate of drug-likeness (QED) is 0.333. The summed E-state index contributed by atoms with van der Waals surface area (Å²) in [4.78, 5) is 41.4. The van der Waals surface area contributed by atoms with E-state index in [0.29, 0.717) is 46.2 Å². The van der Waals surface area contributed by atoms with Crippen molar-refractivity contribution in [1.82, 2.24) is 24.4 Å². The second-order valence-corrected chi connectivity index (χ2v) is 9.86. The normalized spacial score (nSPS) is 20.9. The summed E-state index contributed by atoms with van der Waals surface area (Å²) in [5.74, 6) is 0.798. The molecule has 1 unspecified atom stereocenters. The number of benzene rings is 1. The Balaban J connectivity index is 1.33. The van der Waals surface area contributed by atoms with Crippen LogP contribution >= 0.6 is 15.9 Å². The van der Waals surface area contributed by atoms with E-state index >= 15 is 0 Å². The molecular weight excluding hydrogens is 512 g/mol. The van der Waals surface area contributed by atoms with Crippen molar-refractivity contribution in [2.24, 2.45) is 11.7 Å². The molecule has 11 heteroatoms. The number of nitrogens with zero attached hydrogens (tertiary/aromatic N) is 5. The Hall–Kier alpha value is -3.57. The summed E-state index contributed by atoms with van der Waals surface area (Å²) in [5.41, 5.74) is 14.4. The molecule has 1 aliphatic heterocycles. The number of carbonyl (C=O) groups is 2. The van der Waals surface area contributed by atoms with E-state index in [2.05, 4.69) is 36.2 Å². The molecule has 3 aromatic heterocycles. The van der Waals surface area contributed by atoms with E-state index in [1.54, 1.807) is 23.1 Å². The molecule has 2 fully saturated rings. The van der Waals surface area contributed by atoms with E-state index in [0.717, 1.165) is 22.9 Å². The van der Waals surface area contributed by atoms with Gasteiger partial charge in [0.2, 0.25) is 11.8 Å². The monoisotopic (exact) mass is 534 g/mol. The van der Waals surface area contributed by atoms with E-state index in [-0.39, 0.29) is 24.4 Å². The van der Waals surface area contributed by atoms with Gasteiger partial charge in [-0.15, -0.1) is 0 Å². The molecule has 1 saturated heterocycles. The molecule has 0 spiro atoms. The molecule has 178 valence electrons. The van der Waals surface area contributed by atoms with Crippen LogP contribution in [-0.2, 0) is 22.7 Å². The minimum absolute atomic E-state index is 0.0422. The van der Waals surface area contributed by atoms with Gasteiger partial charge in [-0.25, -0.2) is 15.0 Å². The first-order chi connectivity index (χ1) is 16.9. The molecule has 0 bridgehead atoms. The second-order valence-electron chi connectivity index (χ2n) is 9.05. The molecule has 2 aliphatic rings. The summed E-state index contributed by atoms with van der Waals surface area (Å²) in [6, 6.07) is 10.7. The minimum atomic E-state index is -0.538. The average Bonchev–Trinajstić information content (AvgIpc) is 3.39. The molecule has 6 rings (SSSR count). The van der Waals surface area contributed by atoms with Crippen molar-refractivity contribution in [2.45, 2.75) is 38.0 Å². The topological polar surface area (TPSA) is 145 Å². The van der Waals surface area contributed by atoms with Crippen molar-refractivity contribution >= 4 is 61.3 Å². The van der Waals surface area contributed by atoms with E-state index in [1.807, 2.05) is 22.8 Å². The zero-order valence-electron chi connectivity index (χ0n) is 18.7. The van der Waals surface area contributed by atoms with Gasteiger partial charge in [-0.1, -0.05) is 12.1 Å². The summed E-state index contributed by atoms with van der Waals surface area (Å²) in [5, 5.41) is 4.42. The summed E-state index contributed by atoms with van der Waals surface area (Å²) in [6.45, 7) is 0.427. The van der Waals surface area contributed by atoms with Crippen LogP contribution in [0.2, 0.25) is 0 Å². The largest absolute Gasteiger partial charge is 0.383 e. The van der Waals surface area contributed by atoms with Crippen LogP contribution in [0.15, 0.2) is 47.3 Å². The summed E-state index contributed by atoms with van der Waals surface area (Å²) < 4.78 is 2.48. The fourth-order valence-electron chi connectivity index (χ4n) is 5.23. The highest BCUT2D eigenvalue weighted by Crippen LogP contribution is 2.48. The van der Waals surface area contributed by atoms with Gasteiger partial charge in [0, 0.05) is 18.0 Å². The zero-order valence-corrected chi connectivity index (χ0v) is 20.3. The number of carbonyl (C=O) groups excluding carboxylic acids is 2. The lowest BCUT2D eigenvalue weighted by Gasteiger charge is -2.27. The molecule has 0 radical (unpaired) electrons. The van der Waals surface area contributed by atoms with E-state index in [9.17, 15) is 9.59 Å². The van der Waals surface area contributed by atoms with Gasteiger partial charge in [-0.05, 0) is 64.5 Å². The number of pyridine rings is 1. The number of amides is 2. The van der Waals surface area contributed by atoms with Gasteiger partial charge in [0.05, 0.1) is 10.9 Å². The van der Waals surface area contributed by atoms with Crippen LogP contribution in [0.5, 0.6) is 0 Å². The van der Waals surface area contributed by atoms with Gasteiger partial charge in [0.15, 0.2) is 0 Å². The van der Waals surface area contributed by atoms with Gasteiger partial charge in [-0.2, -0.15) is 0 Å². The molecule has 3 atom stereocenters. The molecule has 2 amide bonds. The number of nitrogens with one attached hydrogen (secondary N) is 1. The first kappa shape index (κ1) is 21.9. The number of anilines is 2. The maximum atomic E-state index is 13.7. The van der Waals surface area contributed by atoms with Gasteiger partial charge < -0.3 is 26.3 Å². The van der Waals surface area contributed by atoms with E-state index in [1.165, 1.54) is 6.33 Å². The SMILES string of the molecule is NCc1ccc2c(c1)c1c(N)ncnc1n2CC(=O)N1[C@@H]2CC2C[C@H]1C(=O)Nc1cccc(Br)n1. The highest BCUT2D eigenvalue weighted by atomic mass is 79.9. The lowest BCUT2D eigenvalue weighted by molar-refractivity contribution is -0.138. The lowest BCUT2D eigenvalue weighted by atomic mass is 10.1. The first-order valence-corrected chi connectivity index (χ1v) is 12.2. The third-order valence-corrected chi connectivity index (χ3v) is 7.37. The maximum absolute atomic E-state index is 13.7. The van der Waals surface area contributed by atoms with Crippen LogP contribution in [0, 0.1) is 5.92 Å². The highest BCUT2D eigenvalue weighted by Gasteiger charge is 2.56. The first-order valence-electron chi connectivity index (χ1n) is 11.4. The molecule has 1 saturated carbocycles. The Morgan fingerprint density at radius 2 is 2.03 bits per heavy atom. The van der Waals surface area contributed by atoms with E-state index < -0.39 is 6.04 Å². The Labute approximate surface area is 208 Å². The summed E-state index contributed by atoms with van der Waals surface area (Å²) in [6.07, 6.45) is 2.97. The third kappa shape index (κ3) is 3.71. The molecule has 4 aromatic rings. The van der Waals surface area contributed by atoms with Gasteiger partial charge in [-0.3, -0.25) is 9.59 Å². The van der Waals surface area contributed by atoms with Crippen molar-refractivity contribution in [1.29, 1.82) is 0 Å². The number of nitrogens with two attached hydrogens (primary N) is 2. The number of rotatable bonds is 5. The number of hydrogen-bond acceptors (Lipinski definition) is 7.